The molecule has 3 aromatic rings. The van der Waals surface area contributed by atoms with E-state index >= 15 is 0 Å². The number of aryl methyl sites for hydroxylation is 3. The van der Waals surface area contributed by atoms with E-state index in [1.165, 1.54) is 11.1 Å². The smallest absolute Gasteiger partial charge is 0.160 e. The predicted octanol–water partition coefficient (Wildman–Crippen LogP) is 6.37. The zero-order chi connectivity index (χ0) is 21.7. The van der Waals surface area contributed by atoms with E-state index in [9.17, 15) is 0 Å². The molecular formula is C26H33N3O. The van der Waals surface area contributed by atoms with Crippen molar-refractivity contribution in [3.63, 3.8) is 0 Å². The van der Waals surface area contributed by atoms with Gasteiger partial charge in [-0.25, -0.2) is 9.97 Å². The second-order valence-electron chi connectivity index (χ2n) is 7.82. The highest BCUT2D eigenvalue weighted by Crippen LogP contribution is 2.36. The Labute approximate surface area is 181 Å². The first kappa shape index (κ1) is 21.8. The van der Waals surface area contributed by atoms with Gasteiger partial charge in [-0.05, 0) is 56.9 Å². The van der Waals surface area contributed by atoms with Gasteiger partial charge in [-0.3, -0.25) is 0 Å². The van der Waals surface area contributed by atoms with Crippen LogP contribution < -0.4 is 9.64 Å². The van der Waals surface area contributed by atoms with Gasteiger partial charge in [0, 0.05) is 24.2 Å². The molecule has 4 heteroatoms. The molecule has 4 nitrogen and oxygen atoms in total. The van der Waals surface area contributed by atoms with Crippen LogP contribution in [-0.2, 0) is 0 Å². The molecule has 0 atom stereocenters. The maximum Gasteiger partial charge on any atom is 0.160 e. The third-order valence-electron chi connectivity index (χ3n) is 5.41. The molecule has 0 saturated heterocycles. The molecule has 0 bridgehead atoms. The molecule has 0 aliphatic rings. The highest BCUT2D eigenvalue weighted by Gasteiger charge is 2.21. The van der Waals surface area contributed by atoms with Crippen molar-refractivity contribution in [1.82, 2.24) is 9.97 Å². The number of anilines is 1. The van der Waals surface area contributed by atoms with Gasteiger partial charge >= 0.3 is 0 Å². The van der Waals surface area contributed by atoms with Crippen LogP contribution >= 0.6 is 0 Å². The van der Waals surface area contributed by atoms with Crippen LogP contribution in [0.25, 0.3) is 22.6 Å². The summed E-state index contributed by atoms with van der Waals surface area (Å²) < 4.78 is 5.50. The fraction of sp³-hybridized carbons (Fsp3) is 0.385. The van der Waals surface area contributed by atoms with E-state index in [4.69, 9.17) is 14.7 Å². The summed E-state index contributed by atoms with van der Waals surface area (Å²) in [6, 6.07) is 14.5. The number of ether oxygens (including phenoxy) is 1. The molecule has 0 aliphatic heterocycles. The Morgan fingerprint density at radius 1 is 0.867 bits per heavy atom. The lowest BCUT2D eigenvalue weighted by Crippen LogP contribution is -2.27. The van der Waals surface area contributed by atoms with Gasteiger partial charge in [-0.15, -0.1) is 0 Å². The summed E-state index contributed by atoms with van der Waals surface area (Å²) in [6.07, 6.45) is 2.16. The molecule has 0 N–H and O–H groups in total. The molecule has 0 fully saturated rings. The lowest BCUT2D eigenvalue weighted by Gasteiger charge is -2.28. The van der Waals surface area contributed by atoms with Crippen LogP contribution in [0.5, 0.6) is 5.75 Å². The first-order valence-electron chi connectivity index (χ1n) is 10.8. The minimum Gasteiger partial charge on any atom is -0.497 e. The topological polar surface area (TPSA) is 38.2 Å². The molecule has 3 rings (SSSR count). The highest BCUT2D eigenvalue weighted by molar-refractivity contribution is 5.80. The number of rotatable bonds is 8. The summed E-state index contributed by atoms with van der Waals surface area (Å²) in [5, 5.41) is 0. The summed E-state index contributed by atoms with van der Waals surface area (Å²) >= 11 is 0. The highest BCUT2D eigenvalue weighted by atomic mass is 16.5. The summed E-state index contributed by atoms with van der Waals surface area (Å²) in [5.41, 5.74) is 7.68. The fourth-order valence-corrected chi connectivity index (χ4v) is 4.07. The van der Waals surface area contributed by atoms with Gasteiger partial charge < -0.3 is 9.64 Å². The molecule has 0 spiro atoms. The van der Waals surface area contributed by atoms with Crippen LogP contribution in [0, 0.1) is 20.8 Å². The van der Waals surface area contributed by atoms with E-state index in [2.05, 4.69) is 69.9 Å². The summed E-state index contributed by atoms with van der Waals surface area (Å²) in [7, 11) is 1.70. The van der Waals surface area contributed by atoms with E-state index < -0.39 is 0 Å². The monoisotopic (exact) mass is 403 g/mol. The van der Waals surface area contributed by atoms with Gasteiger partial charge in [0.2, 0.25) is 0 Å². The van der Waals surface area contributed by atoms with Crippen molar-refractivity contribution in [1.29, 1.82) is 0 Å². The van der Waals surface area contributed by atoms with Crippen LogP contribution in [0.3, 0.4) is 0 Å². The molecule has 0 unspecified atom stereocenters. The molecule has 0 saturated carbocycles. The second kappa shape index (κ2) is 9.75. The molecule has 1 aromatic heterocycles. The molecule has 0 radical (unpaired) electrons. The Morgan fingerprint density at radius 2 is 1.50 bits per heavy atom. The van der Waals surface area contributed by atoms with Crippen molar-refractivity contribution in [3.8, 4) is 28.4 Å². The SMILES string of the molecule is CCCN(CCC)c1c(C)nc(-c2c(C)cccc2C)nc1-c1cccc(OC)c1. The van der Waals surface area contributed by atoms with Crippen LogP contribution in [-0.4, -0.2) is 30.2 Å². The summed E-state index contributed by atoms with van der Waals surface area (Å²) in [6.45, 7) is 12.8. The van der Waals surface area contributed by atoms with Crippen molar-refractivity contribution in [3.05, 3.63) is 59.3 Å². The van der Waals surface area contributed by atoms with Crippen LogP contribution in [0.2, 0.25) is 0 Å². The van der Waals surface area contributed by atoms with E-state index in [-0.39, 0.29) is 0 Å². The Balaban J connectivity index is 2.29. The molecule has 0 amide bonds. The molecule has 1 heterocycles. The van der Waals surface area contributed by atoms with Crippen molar-refractivity contribution in [2.75, 3.05) is 25.1 Å². The first-order chi connectivity index (χ1) is 14.5. The normalized spacial score (nSPS) is 10.9. The average Bonchev–Trinajstić information content (AvgIpc) is 2.73. The average molecular weight is 404 g/mol. The lowest BCUT2D eigenvalue weighted by molar-refractivity contribution is 0.415. The lowest BCUT2D eigenvalue weighted by atomic mass is 10.0. The number of aromatic nitrogens is 2. The van der Waals surface area contributed by atoms with Gasteiger partial charge in [0.1, 0.15) is 5.75 Å². The number of hydrogen-bond donors (Lipinski definition) is 0. The van der Waals surface area contributed by atoms with Crippen LogP contribution in [0.15, 0.2) is 42.5 Å². The summed E-state index contributed by atoms with van der Waals surface area (Å²) in [5.74, 6) is 1.62. The second-order valence-corrected chi connectivity index (χ2v) is 7.82. The van der Waals surface area contributed by atoms with Crippen molar-refractivity contribution >= 4 is 5.69 Å². The van der Waals surface area contributed by atoms with E-state index in [1.54, 1.807) is 7.11 Å². The molecule has 158 valence electrons. The summed E-state index contributed by atoms with van der Waals surface area (Å²) in [4.78, 5) is 12.6. The van der Waals surface area contributed by atoms with Gasteiger partial charge in [0.25, 0.3) is 0 Å². The fourth-order valence-electron chi connectivity index (χ4n) is 4.07. The van der Waals surface area contributed by atoms with Crippen molar-refractivity contribution in [2.45, 2.75) is 47.5 Å². The van der Waals surface area contributed by atoms with E-state index in [0.29, 0.717) is 0 Å². The zero-order valence-electron chi connectivity index (χ0n) is 19.1. The molecular weight excluding hydrogens is 370 g/mol. The van der Waals surface area contributed by atoms with Gasteiger partial charge in [-0.2, -0.15) is 0 Å². The van der Waals surface area contributed by atoms with E-state index in [0.717, 1.165) is 65.7 Å². The Hall–Kier alpha value is -2.88. The number of hydrogen-bond acceptors (Lipinski definition) is 4. The van der Waals surface area contributed by atoms with Crippen molar-refractivity contribution in [2.24, 2.45) is 0 Å². The minimum absolute atomic E-state index is 0.789. The maximum absolute atomic E-state index is 5.50. The van der Waals surface area contributed by atoms with Crippen molar-refractivity contribution < 1.29 is 4.74 Å². The number of methoxy groups -OCH3 is 1. The molecule has 30 heavy (non-hydrogen) atoms. The molecule has 2 aromatic carbocycles. The van der Waals surface area contributed by atoms with E-state index in [1.807, 2.05) is 12.1 Å². The van der Waals surface area contributed by atoms with Gasteiger partial charge in [0.15, 0.2) is 5.82 Å². The first-order valence-corrected chi connectivity index (χ1v) is 10.8. The Morgan fingerprint density at radius 3 is 2.10 bits per heavy atom. The van der Waals surface area contributed by atoms with Gasteiger partial charge in [0.05, 0.1) is 24.2 Å². The van der Waals surface area contributed by atoms with Crippen LogP contribution in [0.1, 0.15) is 43.5 Å². The largest absolute Gasteiger partial charge is 0.497 e. The Bertz CT molecular complexity index is 987. The number of benzene rings is 2. The maximum atomic E-state index is 5.50. The third-order valence-corrected chi connectivity index (χ3v) is 5.41. The van der Waals surface area contributed by atoms with Crippen LogP contribution in [0.4, 0.5) is 5.69 Å². The Kier molecular flexibility index (Phi) is 7.09. The number of nitrogens with zero attached hydrogens (tertiary/aromatic N) is 3. The zero-order valence-corrected chi connectivity index (χ0v) is 19.1. The quantitative estimate of drug-likeness (QED) is 0.438. The molecule has 0 aliphatic carbocycles. The predicted molar refractivity (Wildman–Crippen MR) is 126 cm³/mol. The standard InChI is InChI=1S/C26H33N3O/c1-7-15-29(16-8-2)25-20(5)27-26(23-18(3)11-9-12-19(23)4)28-24(25)21-13-10-14-22(17-21)30-6/h9-14,17H,7-8,15-16H2,1-6H3. The third kappa shape index (κ3) is 4.48. The minimum atomic E-state index is 0.789. The van der Waals surface area contributed by atoms with Gasteiger partial charge in [-0.1, -0.05) is 44.2 Å².